The second-order valence-corrected chi connectivity index (χ2v) is 6.47. The molecule has 0 bridgehead atoms. The Hall–Kier alpha value is -3.06. The third kappa shape index (κ3) is 4.38. The smallest absolute Gasteiger partial charge is 0.290 e. The van der Waals surface area contributed by atoms with Gasteiger partial charge in [0, 0.05) is 19.8 Å². The molecule has 3 rings (SSSR count). The molecule has 0 saturated carbocycles. The standard InChI is InChI=1S/C20H22N4O3/c1-21-20(25)18-6-2-4-16(19(18)24(26)27)13-23-17-9-7-14(8-10-17)15-5-3-11-22-12-15/h2,4,6-10,13,15,22H,3,5,11-12H2,1H3,(H,21,25)/b23-13+/t15-/m1/s1. The highest BCUT2D eigenvalue weighted by atomic mass is 16.6. The van der Waals surface area contributed by atoms with Crippen molar-refractivity contribution < 1.29 is 9.72 Å². The second-order valence-electron chi connectivity index (χ2n) is 6.47. The van der Waals surface area contributed by atoms with Gasteiger partial charge in [0.05, 0.1) is 16.2 Å². The van der Waals surface area contributed by atoms with Crippen LogP contribution >= 0.6 is 0 Å². The Morgan fingerprint density at radius 1 is 1.30 bits per heavy atom. The van der Waals surface area contributed by atoms with Crippen molar-refractivity contribution in [3.8, 4) is 0 Å². The quantitative estimate of drug-likeness (QED) is 0.482. The van der Waals surface area contributed by atoms with Crippen molar-refractivity contribution in [2.75, 3.05) is 20.1 Å². The molecule has 0 aromatic heterocycles. The molecule has 1 aliphatic heterocycles. The van der Waals surface area contributed by atoms with E-state index in [0.29, 0.717) is 17.2 Å². The van der Waals surface area contributed by atoms with E-state index in [4.69, 9.17) is 0 Å². The van der Waals surface area contributed by atoms with Crippen LogP contribution in [0, 0.1) is 10.1 Å². The average Bonchev–Trinajstić information content (AvgIpc) is 2.72. The predicted octanol–water partition coefficient (Wildman–Crippen LogP) is 3.17. The van der Waals surface area contributed by atoms with Gasteiger partial charge in [-0.25, -0.2) is 0 Å². The van der Waals surface area contributed by atoms with E-state index >= 15 is 0 Å². The molecule has 1 saturated heterocycles. The number of aliphatic imine (C=N–C) groups is 1. The van der Waals surface area contributed by atoms with Crippen LogP contribution in [-0.2, 0) is 0 Å². The lowest BCUT2D eigenvalue weighted by Crippen LogP contribution is -2.28. The molecule has 0 aliphatic carbocycles. The molecule has 27 heavy (non-hydrogen) atoms. The summed E-state index contributed by atoms with van der Waals surface area (Å²) in [5.41, 5.74) is 2.05. The number of amides is 1. The molecule has 1 amide bonds. The Morgan fingerprint density at radius 3 is 2.70 bits per heavy atom. The highest BCUT2D eigenvalue weighted by Crippen LogP contribution is 2.26. The summed E-state index contributed by atoms with van der Waals surface area (Å²) in [5, 5.41) is 17.3. The van der Waals surface area contributed by atoms with Gasteiger partial charge in [-0.3, -0.25) is 19.9 Å². The number of rotatable bonds is 5. The summed E-state index contributed by atoms with van der Waals surface area (Å²) in [6.45, 7) is 2.06. The van der Waals surface area contributed by atoms with Crippen LogP contribution in [0.3, 0.4) is 0 Å². The molecule has 7 heteroatoms. The third-order valence-corrected chi connectivity index (χ3v) is 4.74. The summed E-state index contributed by atoms with van der Waals surface area (Å²) in [7, 11) is 1.44. The lowest BCUT2D eigenvalue weighted by molar-refractivity contribution is -0.385. The van der Waals surface area contributed by atoms with Gasteiger partial charge in [0.25, 0.3) is 11.6 Å². The van der Waals surface area contributed by atoms with Gasteiger partial charge in [-0.1, -0.05) is 18.2 Å². The highest BCUT2D eigenvalue weighted by molar-refractivity contribution is 6.02. The van der Waals surface area contributed by atoms with E-state index in [1.165, 1.54) is 37.7 Å². The van der Waals surface area contributed by atoms with Gasteiger partial charge >= 0.3 is 0 Å². The van der Waals surface area contributed by atoms with E-state index in [-0.39, 0.29) is 11.3 Å². The number of nitro benzene ring substituents is 1. The molecule has 1 fully saturated rings. The predicted molar refractivity (Wildman–Crippen MR) is 105 cm³/mol. The van der Waals surface area contributed by atoms with Crippen LogP contribution in [0.5, 0.6) is 0 Å². The topological polar surface area (TPSA) is 96.6 Å². The monoisotopic (exact) mass is 366 g/mol. The van der Waals surface area contributed by atoms with Crippen molar-refractivity contribution in [1.82, 2.24) is 10.6 Å². The number of carbonyl (C=O) groups is 1. The lowest BCUT2D eigenvalue weighted by atomic mass is 9.92. The van der Waals surface area contributed by atoms with E-state index in [2.05, 4.69) is 27.8 Å². The number of hydrogen-bond acceptors (Lipinski definition) is 5. The minimum Gasteiger partial charge on any atom is -0.355 e. The van der Waals surface area contributed by atoms with Crippen molar-refractivity contribution in [2.24, 2.45) is 4.99 Å². The minimum absolute atomic E-state index is 0.0200. The summed E-state index contributed by atoms with van der Waals surface area (Å²) in [6, 6.07) is 12.6. The maximum Gasteiger partial charge on any atom is 0.290 e. The number of carbonyl (C=O) groups excluding carboxylic acids is 1. The molecular formula is C20H22N4O3. The molecule has 0 spiro atoms. The molecule has 2 N–H and O–H groups in total. The van der Waals surface area contributed by atoms with Gasteiger partial charge in [-0.15, -0.1) is 0 Å². The van der Waals surface area contributed by atoms with E-state index < -0.39 is 10.8 Å². The van der Waals surface area contributed by atoms with Crippen molar-refractivity contribution in [2.45, 2.75) is 18.8 Å². The summed E-state index contributed by atoms with van der Waals surface area (Å²) >= 11 is 0. The van der Waals surface area contributed by atoms with Gasteiger partial charge in [-0.05, 0) is 55.1 Å². The van der Waals surface area contributed by atoms with Crippen LogP contribution in [0.4, 0.5) is 11.4 Å². The van der Waals surface area contributed by atoms with Crippen molar-refractivity contribution in [1.29, 1.82) is 0 Å². The van der Waals surface area contributed by atoms with Gasteiger partial charge in [-0.2, -0.15) is 0 Å². The molecule has 140 valence electrons. The van der Waals surface area contributed by atoms with Crippen LogP contribution in [0.25, 0.3) is 0 Å². The number of nitro groups is 1. The Balaban J connectivity index is 1.83. The number of hydrogen-bond donors (Lipinski definition) is 2. The average molecular weight is 366 g/mol. The maximum atomic E-state index is 11.9. The molecule has 2 aromatic carbocycles. The Kier molecular flexibility index (Phi) is 5.93. The zero-order valence-corrected chi connectivity index (χ0v) is 15.1. The first kappa shape index (κ1) is 18.7. The third-order valence-electron chi connectivity index (χ3n) is 4.74. The molecule has 0 radical (unpaired) electrons. The molecular weight excluding hydrogens is 344 g/mol. The Morgan fingerprint density at radius 2 is 2.07 bits per heavy atom. The largest absolute Gasteiger partial charge is 0.355 e. The van der Waals surface area contributed by atoms with E-state index in [1.54, 1.807) is 12.1 Å². The molecule has 1 atom stereocenters. The molecule has 1 aliphatic rings. The molecule has 7 nitrogen and oxygen atoms in total. The number of para-hydroxylation sites is 1. The first-order chi connectivity index (χ1) is 13.1. The number of nitrogens with zero attached hydrogens (tertiary/aromatic N) is 2. The van der Waals surface area contributed by atoms with E-state index in [1.807, 2.05) is 12.1 Å². The molecule has 1 heterocycles. The summed E-state index contributed by atoms with van der Waals surface area (Å²) in [4.78, 5) is 27.1. The first-order valence-corrected chi connectivity index (χ1v) is 8.94. The zero-order valence-electron chi connectivity index (χ0n) is 15.1. The molecule has 0 unspecified atom stereocenters. The van der Waals surface area contributed by atoms with Crippen LogP contribution in [0.1, 0.15) is 40.2 Å². The zero-order chi connectivity index (χ0) is 19.2. The fraction of sp³-hybridized carbons (Fsp3) is 0.300. The van der Waals surface area contributed by atoms with Gasteiger partial charge in [0.1, 0.15) is 5.56 Å². The van der Waals surface area contributed by atoms with Crippen LogP contribution < -0.4 is 10.6 Å². The normalized spacial score (nSPS) is 17.0. The van der Waals surface area contributed by atoms with E-state index in [9.17, 15) is 14.9 Å². The van der Waals surface area contributed by atoms with Gasteiger partial charge in [0.2, 0.25) is 0 Å². The maximum absolute atomic E-state index is 11.9. The van der Waals surface area contributed by atoms with Crippen LogP contribution in [0.15, 0.2) is 47.5 Å². The Labute approximate surface area is 157 Å². The first-order valence-electron chi connectivity index (χ1n) is 8.94. The molecule has 2 aromatic rings. The number of piperidine rings is 1. The SMILES string of the molecule is CNC(=O)c1cccc(/C=N/c2ccc([C@@H]3CCCNC3)cc2)c1[N+](=O)[O-]. The van der Waals surface area contributed by atoms with Gasteiger partial charge < -0.3 is 10.6 Å². The van der Waals surface area contributed by atoms with Crippen LogP contribution in [0.2, 0.25) is 0 Å². The minimum atomic E-state index is -0.550. The van der Waals surface area contributed by atoms with Crippen LogP contribution in [-0.4, -0.2) is 37.2 Å². The summed E-state index contributed by atoms with van der Waals surface area (Å²) in [6.07, 6.45) is 3.78. The van der Waals surface area contributed by atoms with E-state index in [0.717, 1.165) is 13.1 Å². The highest BCUT2D eigenvalue weighted by Gasteiger charge is 2.22. The Bertz CT molecular complexity index is 856. The van der Waals surface area contributed by atoms with Crippen molar-refractivity contribution >= 4 is 23.5 Å². The second kappa shape index (κ2) is 8.55. The summed E-state index contributed by atoms with van der Waals surface area (Å²) < 4.78 is 0. The fourth-order valence-corrected chi connectivity index (χ4v) is 3.30. The lowest BCUT2D eigenvalue weighted by Gasteiger charge is -2.23. The number of benzene rings is 2. The van der Waals surface area contributed by atoms with Crippen molar-refractivity contribution in [3.05, 3.63) is 69.3 Å². The number of nitrogens with one attached hydrogen (secondary N) is 2. The van der Waals surface area contributed by atoms with Gasteiger partial charge in [0.15, 0.2) is 0 Å². The summed E-state index contributed by atoms with van der Waals surface area (Å²) in [5.74, 6) is 0.0181. The fourth-order valence-electron chi connectivity index (χ4n) is 3.30. The van der Waals surface area contributed by atoms with Crippen molar-refractivity contribution in [3.63, 3.8) is 0 Å².